The third-order valence-electron chi connectivity index (χ3n) is 4.41. The number of benzene rings is 2. The van der Waals surface area contributed by atoms with Crippen molar-refractivity contribution in [2.24, 2.45) is 0 Å². The molecule has 0 saturated heterocycles. The lowest BCUT2D eigenvalue weighted by molar-refractivity contribution is -0.309. The first-order valence-corrected chi connectivity index (χ1v) is 8.21. The van der Waals surface area contributed by atoms with E-state index in [1.165, 1.54) is 50.6 Å². The summed E-state index contributed by atoms with van der Waals surface area (Å²) >= 11 is 0. The number of carbonyl (C=O) groups is 2. The molecule has 0 aliphatic carbocycles. The molecule has 1 heterocycles. The highest BCUT2D eigenvalue weighted by Gasteiger charge is 2.39. The third kappa shape index (κ3) is 3.44. The monoisotopic (exact) mass is 384 g/mol. The molecule has 1 aliphatic rings. The van der Waals surface area contributed by atoms with Crippen LogP contribution >= 0.6 is 0 Å². The SMILES string of the molecule is COc1cc([C@H]2Oc3c(OC)cc(/C=C/C(=O)[O-])cc3[C@@H]2C(=O)[O-])ccc1O. The molecule has 146 valence electrons. The van der Waals surface area contributed by atoms with Crippen LogP contribution in [0.1, 0.15) is 28.7 Å². The predicted molar refractivity (Wildman–Crippen MR) is 92.8 cm³/mol. The molecule has 0 bridgehead atoms. The van der Waals surface area contributed by atoms with Crippen LogP contribution in [0.15, 0.2) is 36.4 Å². The van der Waals surface area contributed by atoms with Crippen molar-refractivity contribution in [2.75, 3.05) is 14.2 Å². The Hall–Kier alpha value is -3.68. The molecule has 1 aliphatic heterocycles. The number of aliphatic carboxylic acids is 2. The number of phenolic OH excluding ortho intramolecular Hbond substituents is 1. The lowest BCUT2D eigenvalue weighted by Gasteiger charge is -2.21. The number of hydrogen-bond acceptors (Lipinski definition) is 8. The lowest BCUT2D eigenvalue weighted by Crippen LogP contribution is -2.32. The maximum atomic E-state index is 11.9. The molecule has 0 spiro atoms. The van der Waals surface area contributed by atoms with Gasteiger partial charge in [-0.2, -0.15) is 0 Å². The fourth-order valence-electron chi connectivity index (χ4n) is 3.16. The summed E-state index contributed by atoms with van der Waals surface area (Å²) < 4.78 is 16.2. The maximum Gasteiger partial charge on any atom is 0.166 e. The number of carboxylic acids is 2. The summed E-state index contributed by atoms with van der Waals surface area (Å²) in [6, 6.07) is 7.39. The zero-order chi connectivity index (χ0) is 20.4. The van der Waals surface area contributed by atoms with Gasteiger partial charge in [-0.05, 0) is 41.5 Å². The molecule has 3 rings (SSSR count). The summed E-state index contributed by atoms with van der Waals surface area (Å²) in [6.45, 7) is 0. The number of carbonyl (C=O) groups excluding carboxylic acids is 2. The Bertz CT molecular complexity index is 963. The fourth-order valence-corrected chi connectivity index (χ4v) is 3.16. The first kappa shape index (κ1) is 19.1. The highest BCUT2D eigenvalue weighted by Crippen LogP contribution is 2.51. The second kappa shape index (κ2) is 7.51. The second-order valence-electron chi connectivity index (χ2n) is 6.06. The number of hydrogen-bond donors (Lipinski definition) is 1. The molecule has 8 nitrogen and oxygen atoms in total. The molecule has 0 fully saturated rings. The van der Waals surface area contributed by atoms with Gasteiger partial charge in [-0.15, -0.1) is 0 Å². The molecule has 0 unspecified atom stereocenters. The molecule has 8 heteroatoms. The summed E-state index contributed by atoms with van der Waals surface area (Å²) in [7, 11) is 2.76. The molecular weight excluding hydrogens is 368 g/mol. The van der Waals surface area contributed by atoms with Gasteiger partial charge < -0.3 is 39.1 Å². The van der Waals surface area contributed by atoms with Gasteiger partial charge in [-0.1, -0.05) is 12.1 Å². The van der Waals surface area contributed by atoms with Gasteiger partial charge in [-0.3, -0.25) is 0 Å². The lowest BCUT2D eigenvalue weighted by atomic mass is 9.90. The van der Waals surface area contributed by atoms with Gasteiger partial charge in [-0.25, -0.2) is 0 Å². The van der Waals surface area contributed by atoms with Crippen LogP contribution in [0.25, 0.3) is 6.08 Å². The van der Waals surface area contributed by atoms with E-state index in [0.29, 0.717) is 11.1 Å². The van der Waals surface area contributed by atoms with Gasteiger partial charge in [0.2, 0.25) is 0 Å². The topological polar surface area (TPSA) is 128 Å². The molecule has 2 aromatic carbocycles. The quantitative estimate of drug-likeness (QED) is 0.697. The van der Waals surface area contributed by atoms with E-state index in [9.17, 15) is 24.9 Å². The van der Waals surface area contributed by atoms with Crippen molar-refractivity contribution in [3.05, 3.63) is 53.1 Å². The number of ether oxygens (including phenoxy) is 3. The molecule has 0 amide bonds. The van der Waals surface area contributed by atoms with Crippen LogP contribution in [0.4, 0.5) is 0 Å². The molecular formula is C20H16O8-2. The number of phenols is 1. The van der Waals surface area contributed by atoms with Crippen LogP contribution in [-0.4, -0.2) is 31.3 Å². The Balaban J connectivity index is 2.11. The fraction of sp³-hybridized carbons (Fsp3) is 0.200. The number of carboxylic acid groups (broad SMARTS) is 2. The standard InChI is InChI=1S/C20H18O8/c1-26-14-9-11(4-5-13(14)21)18-17(20(24)25)12-7-10(3-6-16(22)23)8-15(27-2)19(12)28-18/h3-9,17-18,21H,1-2H3,(H,22,23)(H,24,25)/p-2/b6-3+/t17-,18+/m0/s1. The van der Waals surface area contributed by atoms with Crippen molar-refractivity contribution in [3.8, 4) is 23.0 Å². The zero-order valence-corrected chi connectivity index (χ0v) is 15.0. The summed E-state index contributed by atoms with van der Waals surface area (Å²) in [5.41, 5.74) is 1.14. The summed E-state index contributed by atoms with van der Waals surface area (Å²) in [5.74, 6) is -3.42. The Kier molecular flexibility index (Phi) is 5.12. The van der Waals surface area contributed by atoms with Gasteiger partial charge in [0.15, 0.2) is 23.0 Å². The molecule has 2 aromatic rings. The van der Waals surface area contributed by atoms with Gasteiger partial charge in [0.1, 0.15) is 6.10 Å². The Labute approximate surface area is 160 Å². The van der Waals surface area contributed by atoms with Crippen molar-refractivity contribution in [2.45, 2.75) is 12.0 Å². The molecule has 0 radical (unpaired) electrons. The van der Waals surface area contributed by atoms with Gasteiger partial charge >= 0.3 is 0 Å². The molecule has 28 heavy (non-hydrogen) atoms. The maximum absolute atomic E-state index is 11.9. The van der Waals surface area contributed by atoms with E-state index in [1.54, 1.807) is 0 Å². The summed E-state index contributed by atoms with van der Waals surface area (Å²) in [4.78, 5) is 22.6. The molecule has 1 N–H and O–H groups in total. The first-order valence-electron chi connectivity index (χ1n) is 8.21. The van der Waals surface area contributed by atoms with E-state index in [-0.39, 0.29) is 28.6 Å². The minimum Gasteiger partial charge on any atom is -0.549 e. The van der Waals surface area contributed by atoms with Gasteiger partial charge in [0.25, 0.3) is 0 Å². The Morgan fingerprint density at radius 1 is 1.11 bits per heavy atom. The average Bonchev–Trinajstić information content (AvgIpc) is 3.05. The number of methoxy groups -OCH3 is 2. The number of rotatable bonds is 6. The van der Waals surface area contributed by atoms with Crippen LogP contribution in [0.5, 0.6) is 23.0 Å². The van der Waals surface area contributed by atoms with Gasteiger partial charge in [0.05, 0.1) is 32.1 Å². The highest BCUT2D eigenvalue weighted by molar-refractivity contribution is 5.85. The normalized spacial score (nSPS) is 17.8. The van der Waals surface area contributed by atoms with Crippen molar-refractivity contribution in [1.82, 2.24) is 0 Å². The van der Waals surface area contributed by atoms with Crippen molar-refractivity contribution >= 4 is 18.0 Å². The van der Waals surface area contributed by atoms with Crippen LogP contribution in [-0.2, 0) is 9.59 Å². The predicted octanol–water partition coefficient (Wildman–Crippen LogP) is 0.140. The molecule has 0 aromatic heterocycles. The first-order chi connectivity index (χ1) is 13.3. The number of aromatic hydroxyl groups is 1. The van der Waals surface area contributed by atoms with E-state index >= 15 is 0 Å². The highest BCUT2D eigenvalue weighted by atomic mass is 16.5. The Morgan fingerprint density at radius 2 is 1.82 bits per heavy atom. The molecule has 0 saturated carbocycles. The van der Waals surface area contributed by atoms with Crippen LogP contribution < -0.4 is 24.4 Å². The average molecular weight is 384 g/mol. The van der Waals surface area contributed by atoms with Crippen molar-refractivity contribution < 1.29 is 39.1 Å². The smallest absolute Gasteiger partial charge is 0.166 e. The second-order valence-corrected chi connectivity index (χ2v) is 6.06. The van der Waals surface area contributed by atoms with Crippen molar-refractivity contribution in [3.63, 3.8) is 0 Å². The van der Waals surface area contributed by atoms with Crippen LogP contribution in [0.2, 0.25) is 0 Å². The third-order valence-corrected chi connectivity index (χ3v) is 4.41. The van der Waals surface area contributed by atoms with Crippen molar-refractivity contribution in [1.29, 1.82) is 0 Å². The Morgan fingerprint density at radius 3 is 2.43 bits per heavy atom. The van der Waals surface area contributed by atoms with Crippen LogP contribution in [0.3, 0.4) is 0 Å². The van der Waals surface area contributed by atoms with Crippen LogP contribution in [0, 0.1) is 0 Å². The minimum atomic E-state index is -1.39. The minimum absolute atomic E-state index is 0.0981. The van der Waals surface area contributed by atoms with E-state index in [0.717, 1.165) is 6.08 Å². The van der Waals surface area contributed by atoms with E-state index in [1.807, 2.05) is 0 Å². The summed E-state index contributed by atoms with van der Waals surface area (Å²) in [5, 5.41) is 32.4. The van der Waals surface area contributed by atoms with E-state index < -0.39 is 24.0 Å². The van der Waals surface area contributed by atoms with E-state index in [4.69, 9.17) is 14.2 Å². The van der Waals surface area contributed by atoms with E-state index in [2.05, 4.69) is 0 Å². The largest absolute Gasteiger partial charge is 0.549 e. The van der Waals surface area contributed by atoms with Gasteiger partial charge in [0, 0.05) is 5.56 Å². The molecule has 2 atom stereocenters. The number of fused-ring (bicyclic) bond motifs is 1. The summed E-state index contributed by atoms with van der Waals surface area (Å²) in [6.07, 6.45) is 1.14. The zero-order valence-electron chi connectivity index (χ0n) is 15.0.